The lowest BCUT2D eigenvalue weighted by atomic mass is 10.1. The predicted octanol–water partition coefficient (Wildman–Crippen LogP) is 0.364. The lowest BCUT2D eigenvalue weighted by Crippen LogP contribution is -2.12. The second-order valence-electron chi connectivity index (χ2n) is 2.97. The van der Waals surface area contributed by atoms with Crippen LogP contribution in [-0.4, -0.2) is 17.0 Å². The number of hydroxylamine groups is 1. The number of carbonyl (C=O) groups is 2. The summed E-state index contributed by atoms with van der Waals surface area (Å²) in [4.78, 5) is 26.4. The van der Waals surface area contributed by atoms with Crippen molar-refractivity contribution in [1.29, 1.82) is 0 Å². The molecule has 1 aromatic carbocycles. The van der Waals surface area contributed by atoms with Crippen molar-refractivity contribution in [2.24, 2.45) is 0 Å². The van der Waals surface area contributed by atoms with Crippen LogP contribution in [0.15, 0.2) is 29.8 Å². The van der Waals surface area contributed by atoms with E-state index in [-0.39, 0.29) is 11.3 Å². The van der Waals surface area contributed by atoms with Gasteiger partial charge in [-0.25, -0.2) is 4.79 Å². The third-order valence-electron chi connectivity index (χ3n) is 1.91. The van der Waals surface area contributed by atoms with E-state index in [2.05, 4.69) is 4.84 Å². The first-order valence-electron chi connectivity index (χ1n) is 4.19. The van der Waals surface area contributed by atoms with Crippen LogP contribution in [0.3, 0.4) is 0 Å². The highest BCUT2D eigenvalue weighted by Crippen LogP contribution is 2.15. The molecule has 5 heteroatoms. The van der Waals surface area contributed by atoms with Gasteiger partial charge in [-0.15, -0.1) is 0 Å². The summed E-state index contributed by atoms with van der Waals surface area (Å²) in [6.07, 6.45) is 1.39. The van der Waals surface area contributed by atoms with Crippen LogP contribution in [0.4, 0.5) is 0 Å². The molecule has 0 saturated carbocycles. The first-order chi connectivity index (χ1) is 7.16. The Labute approximate surface area is 84.9 Å². The van der Waals surface area contributed by atoms with Crippen molar-refractivity contribution < 1.29 is 19.5 Å². The quantitative estimate of drug-likeness (QED) is 0.512. The smallest absolute Gasteiger partial charge is 0.368 e. The number of benzene rings is 1. The van der Waals surface area contributed by atoms with Crippen molar-refractivity contribution in [3.05, 3.63) is 35.4 Å². The van der Waals surface area contributed by atoms with Gasteiger partial charge in [0.1, 0.15) is 11.3 Å². The first kappa shape index (κ1) is 9.26. The first-order valence-corrected chi connectivity index (χ1v) is 4.19. The highest BCUT2D eigenvalue weighted by Gasteiger charge is 2.28. The summed E-state index contributed by atoms with van der Waals surface area (Å²) in [6, 6.07) is 6.09. The summed E-state index contributed by atoms with van der Waals surface area (Å²) < 4.78 is 0. The fourth-order valence-corrected chi connectivity index (χ4v) is 1.16. The van der Waals surface area contributed by atoms with E-state index in [4.69, 9.17) is 5.11 Å². The van der Waals surface area contributed by atoms with Gasteiger partial charge in [-0.2, -0.15) is 5.48 Å². The zero-order valence-corrected chi connectivity index (χ0v) is 7.56. The molecule has 0 spiro atoms. The maximum atomic E-state index is 11.1. The van der Waals surface area contributed by atoms with Crippen molar-refractivity contribution in [3.8, 4) is 5.75 Å². The van der Waals surface area contributed by atoms with E-state index in [0.717, 1.165) is 0 Å². The number of phenolic OH excluding ortho intramolecular Hbond substituents is 1. The second kappa shape index (κ2) is 3.45. The van der Waals surface area contributed by atoms with Crippen molar-refractivity contribution in [3.63, 3.8) is 0 Å². The molecular weight excluding hydrogens is 198 g/mol. The number of hydrogen-bond acceptors (Lipinski definition) is 4. The van der Waals surface area contributed by atoms with Crippen LogP contribution < -0.4 is 5.48 Å². The Kier molecular flexibility index (Phi) is 2.13. The molecule has 2 N–H and O–H groups in total. The minimum atomic E-state index is -0.701. The van der Waals surface area contributed by atoms with Crippen LogP contribution >= 0.6 is 0 Å². The van der Waals surface area contributed by atoms with Crippen LogP contribution in [-0.2, 0) is 14.4 Å². The largest absolute Gasteiger partial charge is 0.508 e. The van der Waals surface area contributed by atoms with E-state index in [0.29, 0.717) is 5.56 Å². The Hall–Kier alpha value is -2.30. The number of phenols is 1. The lowest BCUT2D eigenvalue weighted by molar-refractivity contribution is -0.143. The third kappa shape index (κ3) is 1.80. The molecule has 1 saturated heterocycles. The Bertz CT molecular complexity index is 429. The van der Waals surface area contributed by atoms with E-state index < -0.39 is 11.9 Å². The Morgan fingerprint density at radius 1 is 1.20 bits per heavy atom. The molecule has 1 aliphatic heterocycles. The van der Waals surface area contributed by atoms with Gasteiger partial charge in [0.05, 0.1) is 0 Å². The SMILES string of the molecule is O=C1NOC(=O)C1=Cc1ccc(O)cc1. The molecule has 5 nitrogen and oxygen atoms in total. The Balaban J connectivity index is 2.33. The van der Waals surface area contributed by atoms with E-state index in [9.17, 15) is 9.59 Å². The molecule has 1 aliphatic rings. The summed E-state index contributed by atoms with van der Waals surface area (Å²) >= 11 is 0. The highest BCUT2D eigenvalue weighted by molar-refractivity contribution is 6.22. The molecule has 2 rings (SSSR count). The van der Waals surface area contributed by atoms with Gasteiger partial charge in [0.15, 0.2) is 0 Å². The van der Waals surface area contributed by atoms with Gasteiger partial charge in [-0.1, -0.05) is 12.1 Å². The standard InChI is InChI=1S/C10H7NO4/c12-7-3-1-6(2-4-7)5-8-9(13)11-15-10(8)14/h1-5,12H,(H,11,13). The monoisotopic (exact) mass is 205 g/mol. The van der Waals surface area contributed by atoms with E-state index in [1.807, 2.05) is 5.48 Å². The maximum Gasteiger partial charge on any atom is 0.368 e. The number of amides is 1. The van der Waals surface area contributed by atoms with E-state index >= 15 is 0 Å². The molecule has 1 amide bonds. The number of rotatable bonds is 1. The van der Waals surface area contributed by atoms with Crippen LogP contribution in [0, 0.1) is 0 Å². The maximum absolute atomic E-state index is 11.1. The topological polar surface area (TPSA) is 75.6 Å². The molecule has 0 atom stereocenters. The average molecular weight is 205 g/mol. The number of nitrogens with one attached hydrogen (secondary N) is 1. The molecule has 0 aliphatic carbocycles. The van der Waals surface area contributed by atoms with Gasteiger partial charge in [-0.3, -0.25) is 4.79 Å². The van der Waals surface area contributed by atoms with Gasteiger partial charge in [-0.05, 0) is 23.8 Å². The van der Waals surface area contributed by atoms with Crippen molar-refractivity contribution in [1.82, 2.24) is 5.48 Å². The number of carbonyl (C=O) groups excluding carboxylic acids is 2. The van der Waals surface area contributed by atoms with Crippen LogP contribution in [0.25, 0.3) is 6.08 Å². The van der Waals surface area contributed by atoms with Crippen molar-refractivity contribution >= 4 is 18.0 Å². The zero-order chi connectivity index (χ0) is 10.8. The summed E-state index contributed by atoms with van der Waals surface area (Å²) in [5, 5.41) is 9.03. The number of aromatic hydroxyl groups is 1. The van der Waals surface area contributed by atoms with Gasteiger partial charge >= 0.3 is 5.97 Å². The third-order valence-corrected chi connectivity index (χ3v) is 1.91. The van der Waals surface area contributed by atoms with Gasteiger partial charge in [0.2, 0.25) is 0 Å². The van der Waals surface area contributed by atoms with Crippen LogP contribution in [0.5, 0.6) is 5.75 Å². The minimum absolute atomic E-state index is 0.0549. The lowest BCUT2D eigenvalue weighted by Gasteiger charge is -1.94. The minimum Gasteiger partial charge on any atom is -0.508 e. The van der Waals surface area contributed by atoms with Crippen LogP contribution in [0.1, 0.15) is 5.56 Å². The molecule has 0 radical (unpaired) electrons. The second-order valence-corrected chi connectivity index (χ2v) is 2.97. The van der Waals surface area contributed by atoms with Gasteiger partial charge in [0.25, 0.3) is 5.91 Å². The summed E-state index contributed by atoms with van der Waals surface area (Å²) in [6.45, 7) is 0. The highest BCUT2D eigenvalue weighted by atomic mass is 16.7. The molecule has 1 heterocycles. The summed E-state index contributed by atoms with van der Waals surface area (Å²) in [5.41, 5.74) is 2.53. The molecule has 1 aromatic rings. The molecular formula is C10H7NO4. The Morgan fingerprint density at radius 3 is 2.40 bits per heavy atom. The van der Waals surface area contributed by atoms with Crippen molar-refractivity contribution in [2.75, 3.05) is 0 Å². The average Bonchev–Trinajstić information content (AvgIpc) is 2.53. The fourth-order valence-electron chi connectivity index (χ4n) is 1.16. The molecule has 76 valence electrons. The normalized spacial score (nSPS) is 17.7. The fraction of sp³-hybridized carbons (Fsp3) is 0. The molecule has 0 aromatic heterocycles. The predicted molar refractivity (Wildman–Crippen MR) is 50.3 cm³/mol. The van der Waals surface area contributed by atoms with Gasteiger partial charge in [0, 0.05) is 0 Å². The molecule has 0 unspecified atom stereocenters. The zero-order valence-electron chi connectivity index (χ0n) is 7.56. The van der Waals surface area contributed by atoms with E-state index in [1.165, 1.54) is 18.2 Å². The van der Waals surface area contributed by atoms with Gasteiger partial charge < -0.3 is 9.94 Å². The molecule has 0 bridgehead atoms. The molecule has 15 heavy (non-hydrogen) atoms. The molecule has 1 fully saturated rings. The summed E-state index contributed by atoms with van der Waals surface area (Å²) in [7, 11) is 0. The number of hydrogen-bond donors (Lipinski definition) is 2. The van der Waals surface area contributed by atoms with Crippen molar-refractivity contribution in [2.45, 2.75) is 0 Å². The van der Waals surface area contributed by atoms with E-state index in [1.54, 1.807) is 12.1 Å². The Morgan fingerprint density at radius 2 is 1.87 bits per heavy atom. The van der Waals surface area contributed by atoms with Crippen LogP contribution in [0.2, 0.25) is 0 Å². The summed E-state index contributed by atoms with van der Waals surface area (Å²) in [5.74, 6) is -1.14.